The number of ether oxygens (including phenoxy) is 1. The van der Waals surface area contributed by atoms with E-state index in [1.54, 1.807) is 0 Å². The van der Waals surface area contributed by atoms with E-state index in [4.69, 9.17) is 10.5 Å². The molecular formula is C9H19NO. The molecule has 2 heteroatoms. The van der Waals surface area contributed by atoms with Crippen LogP contribution < -0.4 is 5.73 Å². The number of nitrogens with two attached hydrogens (primary N) is 1. The van der Waals surface area contributed by atoms with Crippen molar-refractivity contribution in [1.82, 2.24) is 0 Å². The lowest BCUT2D eigenvalue weighted by Gasteiger charge is -2.31. The van der Waals surface area contributed by atoms with Crippen LogP contribution >= 0.6 is 0 Å². The summed E-state index contributed by atoms with van der Waals surface area (Å²) in [6.07, 6.45) is 2.36. The normalized spacial score (nSPS) is 34.1. The maximum atomic E-state index is 5.77. The first kappa shape index (κ1) is 9.01. The Morgan fingerprint density at radius 1 is 1.64 bits per heavy atom. The second-order valence-electron chi connectivity index (χ2n) is 3.68. The van der Waals surface area contributed by atoms with Crippen LogP contribution in [-0.4, -0.2) is 19.8 Å². The third kappa shape index (κ3) is 1.57. The monoisotopic (exact) mass is 157 g/mol. The summed E-state index contributed by atoms with van der Waals surface area (Å²) in [5.74, 6) is 0.704. The standard InChI is InChI=1S/C9H19NO/c1-3-8(2)9(6-10)4-5-11-7-9/h8H,3-7,10H2,1-2H3. The quantitative estimate of drug-likeness (QED) is 0.672. The summed E-state index contributed by atoms with van der Waals surface area (Å²) in [6, 6.07) is 0. The van der Waals surface area contributed by atoms with Crippen LogP contribution in [0.25, 0.3) is 0 Å². The molecule has 1 rings (SSSR count). The SMILES string of the molecule is CCC(C)C1(CN)CCOC1. The van der Waals surface area contributed by atoms with Gasteiger partial charge in [-0.1, -0.05) is 20.3 Å². The molecule has 0 aromatic rings. The third-order valence-electron chi connectivity index (χ3n) is 3.20. The fourth-order valence-corrected chi connectivity index (χ4v) is 1.81. The molecule has 2 nitrogen and oxygen atoms in total. The second kappa shape index (κ2) is 3.55. The lowest BCUT2D eigenvalue weighted by molar-refractivity contribution is 0.117. The van der Waals surface area contributed by atoms with Gasteiger partial charge in [0.15, 0.2) is 0 Å². The molecule has 1 aliphatic heterocycles. The molecule has 2 unspecified atom stereocenters. The maximum Gasteiger partial charge on any atom is 0.0537 e. The average Bonchev–Trinajstić information content (AvgIpc) is 2.52. The molecule has 1 aliphatic rings. The van der Waals surface area contributed by atoms with Crippen LogP contribution in [-0.2, 0) is 4.74 Å². The van der Waals surface area contributed by atoms with E-state index in [0.29, 0.717) is 11.3 Å². The molecule has 1 fully saturated rings. The van der Waals surface area contributed by atoms with Gasteiger partial charge in [-0.15, -0.1) is 0 Å². The van der Waals surface area contributed by atoms with Gasteiger partial charge in [0.2, 0.25) is 0 Å². The fraction of sp³-hybridized carbons (Fsp3) is 1.00. The summed E-state index contributed by atoms with van der Waals surface area (Å²) < 4.78 is 5.39. The summed E-state index contributed by atoms with van der Waals surface area (Å²) in [6.45, 7) is 7.06. The lowest BCUT2D eigenvalue weighted by Crippen LogP contribution is -2.37. The van der Waals surface area contributed by atoms with Crippen LogP contribution in [0.1, 0.15) is 26.7 Å². The molecule has 66 valence electrons. The highest BCUT2D eigenvalue weighted by Gasteiger charge is 2.37. The van der Waals surface area contributed by atoms with Crippen molar-refractivity contribution in [3.8, 4) is 0 Å². The van der Waals surface area contributed by atoms with Crippen molar-refractivity contribution in [2.75, 3.05) is 19.8 Å². The molecule has 11 heavy (non-hydrogen) atoms. The third-order valence-corrected chi connectivity index (χ3v) is 3.20. The minimum Gasteiger partial charge on any atom is -0.381 e. The molecule has 0 bridgehead atoms. The highest BCUT2D eigenvalue weighted by Crippen LogP contribution is 2.36. The minimum atomic E-state index is 0.300. The highest BCUT2D eigenvalue weighted by molar-refractivity contribution is 4.87. The molecule has 0 aromatic carbocycles. The first-order valence-corrected chi connectivity index (χ1v) is 4.53. The molecule has 0 aliphatic carbocycles. The predicted molar refractivity (Wildman–Crippen MR) is 46.4 cm³/mol. The van der Waals surface area contributed by atoms with E-state index in [1.165, 1.54) is 6.42 Å². The molecule has 2 N–H and O–H groups in total. The number of hydrogen-bond acceptors (Lipinski definition) is 2. The van der Waals surface area contributed by atoms with Crippen molar-refractivity contribution in [2.45, 2.75) is 26.7 Å². The van der Waals surface area contributed by atoms with Gasteiger partial charge in [0.05, 0.1) is 6.61 Å². The summed E-state index contributed by atoms with van der Waals surface area (Å²) in [5, 5.41) is 0. The average molecular weight is 157 g/mol. The van der Waals surface area contributed by atoms with Crippen molar-refractivity contribution < 1.29 is 4.74 Å². The van der Waals surface area contributed by atoms with Gasteiger partial charge in [0.25, 0.3) is 0 Å². The number of rotatable bonds is 3. The Kier molecular flexibility index (Phi) is 2.90. The molecule has 2 atom stereocenters. The van der Waals surface area contributed by atoms with E-state index in [-0.39, 0.29) is 0 Å². The van der Waals surface area contributed by atoms with E-state index < -0.39 is 0 Å². The van der Waals surface area contributed by atoms with Crippen molar-refractivity contribution >= 4 is 0 Å². The van der Waals surface area contributed by atoms with Gasteiger partial charge < -0.3 is 10.5 Å². The van der Waals surface area contributed by atoms with Crippen molar-refractivity contribution in [3.05, 3.63) is 0 Å². The molecule has 0 spiro atoms. The van der Waals surface area contributed by atoms with Gasteiger partial charge in [-0.05, 0) is 12.3 Å². The largest absolute Gasteiger partial charge is 0.381 e. The highest BCUT2D eigenvalue weighted by atomic mass is 16.5. The van der Waals surface area contributed by atoms with Crippen molar-refractivity contribution in [2.24, 2.45) is 17.1 Å². The van der Waals surface area contributed by atoms with Crippen LogP contribution in [0.3, 0.4) is 0 Å². The van der Waals surface area contributed by atoms with E-state index in [1.807, 2.05) is 0 Å². The van der Waals surface area contributed by atoms with Crippen molar-refractivity contribution in [1.29, 1.82) is 0 Å². The van der Waals surface area contributed by atoms with Crippen LogP contribution in [0.4, 0.5) is 0 Å². The first-order valence-electron chi connectivity index (χ1n) is 4.53. The van der Waals surface area contributed by atoms with Gasteiger partial charge in [-0.2, -0.15) is 0 Å². The van der Waals surface area contributed by atoms with Gasteiger partial charge >= 0.3 is 0 Å². The van der Waals surface area contributed by atoms with Gasteiger partial charge in [-0.25, -0.2) is 0 Å². The maximum absolute atomic E-state index is 5.77. The lowest BCUT2D eigenvalue weighted by atomic mass is 9.74. The minimum absolute atomic E-state index is 0.300. The Balaban J connectivity index is 2.58. The zero-order valence-electron chi connectivity index (χ0n) is 7.60. The van der Waals surface area contributed by atoms with Crippen LogP contribution in [0.15, 0.2) is 0 Å². The molecule has 0 aromatic heterocycles. The second-order valence-corrected chi connectivity index (χ2v) is 3.68. The summed E-state index contributed by atoms with van der Waals surface area (Å²) in [5.41, 5.74) is 6.07. The molecule has 0 saturated carbocycles. The zero-order valence-corrected chi connectivity index (χ0v) is 7.60. The number of hydrogen-bond donors (Lipinski definition) is 1. The van der Waals surface area contributed by atoms with Gasteiger partial charge in [0.1, 0.15) is 0 Å². The topological polar surface area (TPSA) is 35.2 Å². The Morgan fingerprint density at radius 2 is 2.36 bits per heavy atom. The fourth-order valence-electron chi connectivity index (χ4n) is 1.81. The Hall–Kier alpha value is -0.0800. The van der Waals surface area contributed by atoms with E-state index in [0.717, 1.165) is 26.2 Å². The Morgan fingerprint density at radius 3 is 2.73 bits per heavy atom. The van der Waals surface area contributed by atoms with Gasteiger partial charge in [-0.3, -0.25) is 0 Å². The smallest absolute Gasteiger partial charge is 0.0537 e. The van der Waals surface area contributed by atoms with E-state index >= 15 is 0 Å². The Bertz CT molecular complexity index is 119. The molecular weight excluding hydrogens is 138 g/mol. The van der Waals surface area contributed by atoms with Crippen LogP contribution in [0.5, 0.6) is 0 Å². The predicted octanol–water partition coefficient (Wildman–Crippen LogP) is 1.40. The van der Waals surface area contributed by atoms with Gasteiger partial charge in [0, 0.05) is 18.6 Å². The first-order chi connectivity index (χ1) is 5.25. The molecule has 1 heterocycles. The summed E-state index contributed by atoms with van der Waals surface area (Å²) >= 11 is 0. The molecule has 0 radical (unpaired) electrons. The van der Waals surface area contributed by atoms with E-state index in [2.05, 4.69) is 13.8 Å². The molecule has 0 amide bonds. The van der Waals surface area contributed by atoms with Crippen LogP contribution in [0, 0.1) is 11.3 Å². The Labute approximate surface area is 69.1 Å². The molecule has 1 saturated heterocycles. The van der Waals surface area contributed by atoms with Crippen molar-refractivity contribution in [3.63, 3.8) is 0 Å². The summed E-state index contributed by atoms with van der Waals surface area (Å²) in [4.78, 5) is 0. The van der Waals surface area contributed by atoms with E-state index in [9.17, 15) is 0 Å². The zero-order chi connectivity index (χ0) is 8.32. The van der Waals surface area contributed by atoms with Crippen LogP contribution in [0.2, 0.25) is 0 Å². The summed E-state index contributed by atoms with van der Waals surface area (Å²) in [7, 11) is 0.